The van der Waals surface area contributed by atoms with E-state index in [0.717, 1.165) is 16.8 Å². The lowest BCUT2D eigenvalue weighted by molar-refractivity contribution is -0.384. The first kappa shape index (κ1) is 21.6. The minimum absolute atomic E-state index is 0.193. The van der Waals surface area contributed by atoms with Crippen molar-refractivity contribution in [1.29, 1.82) is 0 Å². The maximum Gasteiger partial charge on any atom is 0.196 e. The summed E-state index contributed by atoms with van der Waals surface area (Å²) in [6.07, 6.45) is -0.940. The Morgan fingerprint density at radius 2 is 1.31 bits per heavy atom. The fourth-order valence-corrected chi connectivity index (χ4v) is 4.46. The van der Waals surface area contributed by atoms with Gasteiger partial charge in [0.2, 0.25) is 0 Å². The lowest BCUT2D eigenvalue weighted by atomic mass is 9.95. The smallest absolute Gasteiger partial charge is 0.196 e. The minimum atomic E-state index is -0.630. The quantitative estimate of drug-likeness (QED) is 0.536. The molecule has 0 amide bonds. The molecule has 3 heterocycles. The molecule has 0 spiro atoms. The highest BCUT2D eigenvalue weighted by Crippen LogP contribution is 2.41. The molecule has 0 radical (unpaired) electrons. The second-order valence-electron chi connectivity index (χ2n) is 7.74. The number of rotatable bonds is 5. The third-order valence-electron chi connectivity index (χ3n) is 5.63. The largest absolute Gasteiger partial charge is 0.394 e. The summed E-state index contributed by atoms with van der Waals surface area (Å²) in [5, 5.41) is 10.1. The molecule has 0 saturated carbocycles. The molecule has 5 rings (SSSR count). The van der Waals surface area contributed by atoms with Crippen LogP contribution in [-0.2, 0) is 25.4 Å². The van der Waals surface area contributed by atoms with Gasteiger partial charge < -0.3 is 24.1 Å². The van der Waals surface area contributed by atoms with E-state index in [1.807, 2.05) is 66.7 Å². The van der Waals surface area contributed by atoms with E-state index in [1.165, 1.54) is 0 Å². The average molecular weight is 499 g/mol. The number of nitrogens with zero attached hydrogens (tertiary/aromatic N) is 2. The van der Waals surface area contributed by atoms with Gasteiger partial charge in [-0.3, -0.25) is 0 Å². The summed E-state index contributed by atoms with van der Waals surface area (Å²) in [6, 6.07) is 21.2. The molecule has 3 aromatic rings. The normalized spacial score (nSPS) is 29.9. The van der Waals surface area contributed by atoms with Crippen molar-refractivity contribution in [3.8, 4) is 0 Å². The van der Waals surface area contributed by atoms with E-state index in [4.69, 9.17) is 18.9 Å². The van der Waals surface area contributed by atoms with E-state index in [1.54, 1.807) is 6.20 Å². The lowest BCUT2D eigenvalue weighted by Crippen LogP contribution is -2.59. The van der Waals surface area contributed by atoms with Gasteiger partial charge in [0, 0.05) is 29.4 Å². The molecule has 7 nitrogen and oxygen atoms in total. The SMILES string of the molecule is OC[C@H]1OC(c2ccccc2)O[C@@H]2[C@@H]1OC(c1ccccc1)O[C@@H]2Cc1ccnc(Br)n1. The predicted octanol–water partition coefficient (Wildman–Crippen LogP) is 3.74. The maximum atomic E-state index is 10.1. The van der Waals surface area contributed by atoms with Crippen molar-refractivity contribution >= 4 is 15.9 Å². The first-order valence-corrected chi connectivity index (χ1v) is 11.3. The lowest BCUT2D eigenvalue weighted by Gasteiger charge is -2.49. The van der Waals surface area contributed by atoms with Gasteiger partial charge >= 0.3 is 0 Å². The first-order chi connectivity index (χ1) is 15.7. The van der Waals surface area contributed by atoms with E-state index in [-0.39, 0.29) is 12.7 Å². The van der Waals surface area contributed by atoms with Crippen LogP contribution in [0.25, 0.3) is 0 Å². The van der Waals surface area contributed by atoms with Crippen molar-refractivity contribution < 1.29 is 24.1 Å². The number of hydrogen-bond donors (Lipinski definition) is 1. The van der Waals surface area contributed by atoms with Crippen LogP contribution >= 0.6 is 15.9 Å². The Bertz CT molecular complexity index is 1030. The van der Waals surface area contributed by atoms with Gasteiger partial charge in [0.15, 0.2) is 17.3 Å². The molecule has 1 N–H and O–H groups in total. The molecular weight excluding hydrogens is 476 g/mol. The molecule has 1 aromatic heterocycles. The summed E-state index contributed by atoms with van der Waals surface area (Å²) in [7, 11) is 0. The van der Waals surface area contributed by atoms with Crippen LogP contribution in [0.15, 0.2) is 77.7 Å². The number of benzene rings is 2. The minimum Gasteiger partial charge on any atom is -0.394 e. The maximum absolute atomic E-state index is 10.1. The van der Waals surface area contributed by atoms with Gasteiger partial charge in [0.05, 0.1) is 12.7 Å². The summed E-state index contributed by atoms with van der Waals surface area (Å²) in [5.41, 5.74) is 2.58. The Hall–Kier alpha value is -2.20. The van der Waals surface area contributed by atoms with Gasteiger partial charge in [-0.2, -0.15) is 0 Å². The number of ether oxygens (including phenoxy) is 4. The van der Waals surface area contributed by atoms with Crippen molar-refractivity contribution in [2.45, 2.75) is 43.4 Å². The Morgan fingerprint density at radius 1 is 0.750 bits per heavy atom. The van der Waals surface area contributed by atoms with Crippen LogP contribution in [0.4, 0.5) is 0 Å². The molecule has 6 atom stereocenters. The van der Waals surface area contributed by atoms with Crippen LogP contribution in [0.1, 0.15) is 29.4 Å². The highest BCUT2D eigenvalue weighted by Gasteiger charge is 2.50. The number of aromatic nitrogens is 2. The fraction of sp³-hybridized carbons (Fsp3) is 0.333. The molecular formula is C24H23BrN2O5. The van der Waals surface area contributed by atoms with Crippen LogP contribution in [0, 0.1) is 0 Å². The number of aliphatic hydroxyl groups excluding tert-OH is 1. The monoisotopic (exact) mass is 498 g/mol. The Morgan fingerprint density at radius 3 is 1.88 bits per heavy atom. The summed E-state index contributed by atoms with van der Waals surface area (Å²) in [6.45, 7) is -0.193. The Labute approximate surface area is 194 Å². The third-order valence-corrected chi connectivity index (χ3v) is 6.01. The van der Waals surface area contributed by atoms with Crippen LogP contribution in [0.3, 0.4) is 0 Å². The number of aliphatic hydroxyl groups is 1. The molecule has 2 fully saturated rings. The molecule has 2 unspecified atom stereocenters. The number of halogens is 1. The topological polar surface area (TPSA) is 82.9 Å². The molecule has 2 aliphatic rings. The van der Waals surface area contributed by atoms with Gasteiger partial charge in [-0.1, -0.05) is 60.7 Å². The van der Waals surface area contributed by atoms with E-state index in [9.17, 15) is 5.11 Å². The highest BCUT2D eigenvalue weighted by molar-refractivity contribution is 9.10. The molecule has 0 aliphatic carbocycles. The summed E-state index contributed by atoms with van der Waals surface area (Å²) in [5.74, 6) is 0. The average Bonchev–Trinajstić information content (AvgIpc) is 2.84. The zero-order valence-corrected chi connectivity index (χ0v) is 18.7. The van der Waals surface area contributed by atoms with Crippen molar-refractivity contribution in [2.24, 2.45) is 0 Å². The molecule has 2 aromatic carbocycles. The standard InChI is InChI=1S/C24H23BrN2O5/c25-24-26-12-11-17(27-24)13-18-20-21(32-22(29-18)15-7-3-1-4-8-15)19(14-28)30-23(31-20)16-9-5-2-6-10-16/h1-12,18-23,28H,13-14H2/t18-,19-,20+,21-,22?,23?/m1/s1. The Kier molecular flexibility index (Phi) is 6.59. The van der Waals surface area contributed by atoms with Crippen molar-refractivity contribution in [3.05, 3.63) is 94.5 Å². The predicted molar refractivity (Wildman–Crippen MR) is 118 cm³/mol. The van der Waals surface area contributed by atoms with Gasteiger partial charge in [0.25, 0.3) is 0 Å². The zero-order valence-electron chi connectivity index (χ0n) is 17.2. The van der Waals surface area contributed by atoms with Crippen molar-refractivity contribution in [3.63, 3.8) is 0 Å². The first-order valence-electron chi connectivity index (χ1n) is 10.5. The molecule has 0 bridgehead atoms. The number of fused-ring (bicyclic) bond motifs is 1. The van der Waals surface area contributed by atoms with Crippen LogP contribution < -0.4 is 0 Å². The highest BCUT2D eigenvalue weighted by atomic mass is 79.9. The van der Waals surface area contributed by atoms with E-state index in [2.05, 4.69) is 25.9 Å². The van der Waals surface area contributed by atoms with Gasteiger partial charge in [-0.25, -0.2) is 9.97 Å². The summed E-state index contributed by atoms with van der Waals surface area (Å²) in [4.78, 5) is 8.58. The van der Waals surface area contributed by atoms with Crippen LogP contribution in [0.5, 0.6) is 0 Å². The zero-order chi connectivity index (χ0) is 21.9. The molecule has 32 heavy (non-hydrogen) atoms. The molecule has 8 heteroatoms. The molecule has 2 saturated heterocycles. The fourth-order valence-electron chi connectivity index (χ4n) is 4.11. The van der Waals surface area contributed by atoms with Crippen LogP contribution in [-0.4, -0.2) is 46.1 Å². The molecule has 2 aliphatic heterocycles. The second-order valence-corrected chi connectivity index (χ2v) is 8.45. The second kappa shape index (κ2) is 9.74. The van der Waals surface area contributed by atoms with E-state index >= 15 is 0 Å². The van der Waals surface area contributed by atoms with E-state index < -0.39 is 30.9 Å². The van der Waals surface area contributed by atoms with Gasteiger partial charge in [-0.05, 0) is 22.0 Å². The van der Waals surface area contributed by atoms with E-state index in [0.29, 0.717) is 11.2 Å². The van der Waals surface area contributed by atoms with Crippen molar-refractivity contribution in [2.75, 3.05) is 6.61 Å². The Balaban J connectivity index is 1.47. The van der Waals surface area contributed by atoms with Gasteiger partial charge in [-0.15, -0.1) is 0 Å². The van der Waals surface area contributed by atoms with Crippen molar-refractivity contribution in [1.82, 2.24) is 9.97 Å². The van der Waals surface area contributed by atoms with Gasteiger partial charge in [0.1, 0.15) is 18.3 Å². The molecule has 166 valence electrons. The number of hydrogen-bond acceptors (Lipinski definition) is 7. The summed E-state index contributed by atoms with van der Waals surface area (Å²) >= 11 is 3.33. The summed E-state index contributed by atoms with van der Waals surface area (Å²) < 4.78 is 25.7. The third kappa shape index (κ3) is 4.61. The van der Waals surface area contributed by atoms with Crippen LogP contribution in [0.2, 0.25) is 0 Å².